The largest absolute Gasteiger partial charge is 0.444 e. The smallest absolute Gasteiger partial charge is 0.246 e. The van der Waals surface area contributed by atoms with Gasteiger partial charge in [0.2, 0.25) is 17.7 Å². The Morgan fingerprint density at radius 1 is 1.42 bits per heavy atom. The SMILES string of the molecule is Cc1cnc(CN2CC(=O)N3CCCCC3C2=O)o1. The molecule has 2 aliphatic heterocycles. The number of piperidine rings is 1. The minimum absolute atomic E-state index is 0.0233. The van der Waals surface area contributed by atoms with Crippen LogP contribution in [0.2, 0.25) is 0 Å². The van der Waals surface area contributed by atoms with E-state index in [2.05, 4.69) is 4.98 Å². The van der Waals surface area contributed by atoms with Crippen LogP contribution < -0.4 is 0 Å². The van der Waals surface area contributed by atoms with E-state index < -0.39 is 0 Å². The van der Waals surface area contributed by atoms with Gasteiger partial charge < -0.3 is 14.2 Å². The lowest BCUT2D eigenvalue weighted by atomic mass is 9.98. The van der Waals surface area contributed by atoms with Crippen molar-refractivity contribution in [3.05, 3.63) is 17.8 Å². The molecule has 0 saturated carbocycles. The highest BCUT2D eigenvalue weighted by Crippen LogP contribution is 2.24. The van der Waals surface area contributed by atoms with E-state index in [1.54, 1.807) is 16.0 Å². The average molecular weight is 263 g/mol. The first-order valence-electron chi connectivity index (χ1n) is 6.65. The Bertz CT molecular complexity index is 511. The molecule has 0 bridgehead atoms. The summed E-state index contributed by atoms with van der Waals surface area (Å²) < 4.78 is 5.38. The van der Waals surface area contributed by atoms with Gasteiger partial charge in [-0.05, 0) is 26.2 Å². The highest BCUT2D eigenvalue weighted by Gasteiger charge is 2.40. The highest BCUT2D eigenvalue weighted by molar-refractivity contribution is 5.94. The van der Waals surface area contributed by atoms with Crippen LogP contribution in [-0.4, -0.2) is 45.7 Å². The van der Waals surface area contributed by atoms with Crippen LogP contribution in [0.25, 0.3) is 0 Å². The van der Waals surface area contributed by atoms with E-state index in [4.69, 9.17) is 4.42 Å². The van der Waals surface area contributed by atoms with Crippen molar-refractivity contribution >= 4 is 11.8 Å². The maximum absolute atomic E-state index is 12.4. The number of amides is 2. The third-order valence-electron chi connectivity index (χ3n) is 3.74. The van der Waals surface area contributed by atoms with Crippen LogP contribution in [0.15, 0.2) is 10.6 Å². The summed E-state index contributed by atoms with van der Waals surface area (Å²) in [5.41, 5.74) is 0. The molecule has 0 radical (unpaired) electrons. The normalized spacial score (nSPS) is 23.7. The number of rotatable bonds is 2. The summed E-state index contributed by atoms with van der Waals surface area (Å²) in [6.45, 7) is 2.93. The van der Waals surface area contributed by atoms with E-state index in [0.717, 1.165) is 19.3 Å². The number of hydrogen-bond acceptors (Lipinski definition) is 4. The first-order valence-corrected chi connectivity index (χ1v) is 6.65. The molecule has 3 heterocycles. The minimum atomic E-state index is -0.272. The first kappa shape index (κ1) is 12.2. The number of nitrogens with zero attached hydrogens (tertiary/aromatic N) is 3. The van der Waals surface area contributed by atoms with Crippen molar-refractivity contribution in [2.24, 2.45) is 0 Å². The third-order valence-corrected chi connectivity index (χ3v) is 3.74. The predicted octanol–water partition coefficient (Wildman–Crippen LogP) is 0.706. The molecule has 1 atom stereocenters. The van der Waals surface area contributed by atoms with Crippen LogP contribution in [0.4, 0.5) is 0 Å². The van der Waals surface area contributed by atoms with Gasteiger partial charge in [-0.25, -0.2) is 4.98 Å². The predicted molar refractivity (Wildman–Crippen MR) is 66.0 cm³/mol. The van der Waals surface area contributed by atoms with Gasteiger partial charge in [0.15, 0.2) is 0 Å². The van der Waals surface area contributed by atoms with Crippen molar-refractivity contribution in [1.82, 2.24) is 14.8 Å². The lowest BCUT2D eigenvalue weighted by Crippen LogP contribution is -2.60. The van der Waals surface area contributed by atoms with E-state index in [-0.39, 0.29) is 30.9 Å². The Hall–Kier alpha value is -1.85. The van der Waals surface area contributed by atoms with Gasteiger partial charge in [-0.2, -0.15) is 0 Å². The molecule has 102 valence electrons. The number of piperazine rings is 1. The monoisotopic (exact) mass is 263 g/mol. The number of hydrogen-bond donors (Lipinski definition) is 0. The lowest BCUT2D eigenvalue weighted by Gasteiger charge is -2.42. The Morgan fingerprint density at radius 2 is 2.26 bits per heavy atom. The summed E-state index contributed by atoms with van der Waals surface area (Å²) in [7, 11) is 0. The van der Waals surface area contributed by atoms with E-state index in [1.165, 1.54) is 0 Å². The van der Waals surface area contributed by atoms with E-state index in [9.17, 15) is 9.59 Å². The lowest BCUT2D eigenvalue weighted by molar-refractivity contribution is -0.158. The maximum Gasteiger partial charge on any atom is 0.246 e. The van der Waals surface area contributed by atoms with Gasteiger partial charge in [-0.15, -0.1) is 0 Å². The fourth-order valence-corrected chi connectivity index (χ4v) is 2.80. The topological polar surface area (TPSA) is 66.7 Å². The molecule has 19 heavy (non-hydrogen) atoms. The van der Waals surface area contributed by atoms with E-state index in [1.807, 2.05) is 6.92 Å². The molecule has 6 nitrogen and oxygen atoms in total. The maximum atomic E-state index is 12.4. The molecule has 3 rings (SSSR count). The molecule has 2 saturated heterocycles. The summed E-state index contributed by atoms with van der Waals surface area (Å²) in [4.78, 5) is 31.8. The van der Waals surface area contributed by atoms with Crippen LogP contribution in [0.1, 0.15) is 30.9 Å². The van der Waals surface area contributed by atoms with Gasteiger partial charge in [0.05, 0.1) is 12.7 Å². The molecule has 6 heteroatoms. The standard InChI is InChI=1S/C13H17N3O3/c1-9-6-14-11(19-9)7-15-8-12(17)16-5-3-2-4-10(16)13(15)18/h6,10H,2-5,7-8H2,1H3. The van der Waals surface area contributed by atoms with Crippen molar-refractivity contribution in [2.75, 3.05) is 13.1 Å². The zero-order valence-corrected chi connectivity index (χ0v) is 11.0. The van der Waals surface area contributed by atoms with E-state index >= 15 is 0 Å². The fourth-order valence-electron chi connectivity index (χ4n) is 2.80. The zero-order chi connectivity index (χ0) is 13.4. The zero-order valence-electron chi connectivity index (χ0n) is 11.0. The average Bonchev–Trinajstić information content (AvgIpc) is 2.81. The second-order valence-electron chi connectivity index (χ2n) is 5.16. The van der Waals surface area contributed by atoms with Crippen molar-refractivity contribution in [2.45, 2.75) is 38.8 Å². The van der Waals surface area contributed by atoms with Gasteiger partial charge in [-0.3, -0.25) is 9.59 Å². The number of carbonyl (C=O) groups is 2. The summed E-state index contributed by atoms with van der Waals surface area (Å²) in [5, 5.41) is 0. The Morgan fingerprint density at radius 3 is 3.00 bits per heavy atom. The molecule has 1 unspecified atom stereocenters. The van der Waals surface area contributed by atoms with Crippen molar-refractivity contribution in [3.8, 4) is 0 Å². The Balaban J connectivity index is 1.75. The molecule has 2 amide bonds. The van der Waals surface area contributed by atoms with Crippen LogP contribution in [-0.2, 0) is 16.1 Å². The molecule has 2 aliphatic rings. The Kier molecular flexibility index (Phi) is 3.00. The summed E-state index contributed by atoms with van der Waals surface area (Å²) in [5.74, 6) is 1.26. The summed E-state index contributed by atoms with van der Waals surface area (Å²) in [6, 6.07) is -0.272. The van der Waals surface area contributed by atoms with Crippen LogP contribution >= 0.6 is 0 Å². The van der Waals surface area contributed by atoms with Crippen LogP contribution in [0, 0.1) is 6.92 Å². The highest BCUT2D eigenvalue weighted by atomic mass is 16.4. The molecular formula is C13H17N3O3. The molecule has 1 aromatic rings. The number of aryl methyl sites for hydroxylation is 1. The van der Waals surface area contributed by atoms with Gasteiger partial charge >= 0.3 is 0 Å². The second kappa shape index (κ2) is 4.68. The van der Waals surface area contributed by atoms with Gasteiger partial charge in [0, 0.05) is 6.54 Å². The number of aromatic nitrogens is 1. The van der Waals surface area contributed by atoms with Crippen molar-refractivity contribution in [3.63, 3.8) is 0 Å². The van der Waals surface area contributed by atoms with Gasteiger partial charge in [-0.1, -0.05) is 0 Å². The molecule has 0 aliphatic carbocycles. The van der Waals surface area contributed by atoms with Crippen LogP contribution in [0.3, 0.4) is 0 Å². The Labute approximate surface area is 111 Å². The first-order chi connectivity index (χ1) is 9.15. The fraction of sp³-hybridized carbons (Fsp3) is 0.615. The molecule has 0 N–H and O–H groups in total. The third kappa shape index (κ3) is 2.22. The number of carbonyl (C=O) groups excluding carboxylic acids is 2. The number of oxazole rings is 1. The quantitative estimate of drug-likeness (QED) is 0.788. The summed E-state index contributed by atoms with van der Waals surface area (Å²) in [6.07, 6.45) is 4.39. The van der Waals surface area contributed by atoms with Gasteiger partial charge in [0.25, 0.3) is 0 Å². The minimum Gasteiger partial charge on any atom is -0.444 e. The van der Waals surface area contributed by atoms with Crippen molar-refractivity contribution < 1.29 is 14.0 Å². The number of fused-ring (bicyclic) bond motifs is 1. The van der Waals surface area contributed by atoms with E-state index in [0.29, 0.717) is 18.2 Å². The molecular weight excluding hydrogens is 246 g/mol. The molecule has 0 aromatic carbocycles. The summed E-state index contributed by atoms with van der Waals surface area (Å²) >= 11 is 0. The second-order valence-corrected chi connectivity index (χ2v) is 5.16. The molecule has 2 fully saturated rings. The van der Waals surface area contributed by atoms with Gasteiger partial charge in [0.1, 0.15) is 18.3 Å². The molecule has 1 aromatic heterocycles. The van der Waals surface area contributed by atoms with Crippen molar-refractivity contribution in [1.29, 1.82) is 0 Å². The molecule has 0 spiro atoms. The van der Waals surface area contributed by atoms with Crippen LogP contribution in [0.5, 0.6) is 0 Å².